The first kappa shape index (κ1) is 25.6. The van der Waals surface area contributed by atoms with Gasteiger partial charge in [0.1, 0.15) is 17.2 Å². The number of carbonyl (C=O) groups excluding carboxylic acids is 1. The second kappa shape index (κ2) is 11.9. The van der Waals surface area contributed by atoms with Gasteiger partial charge in [-0.25, -0.2) is 4.79 Å². The fraction of sp³-hybridized carbons (Fsp3) is 0.192. The Bertz CT molecular complexity index is 1210. The summed E-state index contributed by atoms with van der Waals surface area (Å²) in [6, 6.07) is 14.9. The zero-order valence-electron chi connectivity index (χ0n) is 19.9. The van der Waals surface area contributed by atoms with Crippen LogP contribution in [-0.2, 0) is 16.6 Å². The van der Waals surface area contributed by atoms with Gasteiger partial charge in [-0.15, -0.1) is 0 Å². The molecule has 0 bridgehead atoms. The second-order valence-electron chi connectivity index (χ2n) is 7.27. The number of rotatable bonds is 10. The summed E-state index contributed by atoms with van der Waals surface area (Å²) in [5, 5.41) is 1.55. The van der Waals surface area contributed by atoms with Crippen molar-refractivity contribution in [1.29, 1.82) is 0 Å². The maximum absolute atomic E-state index is 12.8. The molecular formula is C26H27NO7S. The summed E-state index contributed by atoms with van der Waals surface area (Å²) in [4.78, 5) is 12.5. The van der Waals surface area contributed by atoms with Crippen LogP contribution in [0.4, 0.5) is 5.69 Å². The molecule has 0 amide bonds. The summed E-state index contributed by atoms with van der Waals surface area (Å²) in [7, 11) is 4.71. The number of anilines is 1. The Morgan fingerprint density at radius 3 is 2.03 bits per heavy atom. The number of methoxy groups -OCH3 is 4. The molecule has 0 aliphatic heterocycles. The van der Waals surface area contributed by atoms with Crippen LogP contribution in [0.15, 0.2) is 60.0 Å². The lowest BCUT2D eigenvalue weighted by atomic mass is 10.1. The van der Waals surface area contributed by atoms with E-state index in [-0.39, 0.29) is 11.5 Å². The van der Waals surface area contributed by atoms with Crippen molar-refractivity contribution in [2.75, 3.05) is 34.2 Å². The highest BCUT2D eigenvalue weighted by Gasteiger charge is 2.15. The molecule has 3 aromatic carbocycles. The van der Waals surface area contributed by atoms with E-state index in [1.165, 1.54) is 21.3 Å². The molecule has 0 aromatic heterocycles. The summed E-state index contributed by atoms with van der Waals surface area (Å²) in [5.74, 6) is 1.87. The SMILES string of the molecule is COc1cc(OC)c(/C=C/S(=O)Cc2ccc(OC)c(OC(=O)c3ccc(N)cc3)c2)c(OC)c1. The highest BCUT2D eigenvalue weighted by Crippen LogP contribution is 2.35. The van der Waals surface area contributed by atoms with Crippen LogP contribution < -0.4 is 29.4 Å². The van der Waals surface area contributed by atoms with Crippen LogP contribution >= 0.6 is 0 Å². The minimum atomic E-state index is -1.39. The molecule has 3 rings (SSSR count). The van der Waals surface area contributed by atoms with E-state index in [9.17, 15) is 9.00 Å². The molecule has 8 nitrogen and oxygen atoms in total. The van der Waals surface area contributed by atoms with Gasteiger partial charge in [0.15, 0.2) is 11.5 Å². The van der Waals surface area contributed by atoms with Crippen molar-refractivity contribution in [3.63, 3.8) is 0 Å². The number of nitrogen functional groups attached to an aromatic ring is 1. The summed E-state index contributed by atoms with van der Waals surface area (Å²) in [5.41, 5.74) is 7.90. The van der Waals surface area contributed by atoms with Crippen LogP contribution in [0.3, 0.4) is 0 Å². The van der Waals surface area contributed by atoms with Gasteiger partial charge in [0.2, 0.25) is 0 Å². The first-order valence-corrected chi connectivity index (χ1v) is 11.9. The Kier molecular flexibility index (Phi) is 8.74. The van der Waals surface area contributed by atoms with Crippen LogP contribution in [-0.4, -0.2) is 38.6 Å². The molecule has 1 atom stereocenters. The molecule has 0 fully saturated rings. The minimum absolute atomic E-state index is 0.188. The lowest BCUT2D eigenvalue weighted by Gasteiger charge is -2.12. The minimum Gasteiger partial charge on any atom is -0.496 e. The molecule has 9 heteroatoms. The van der Waals surface area contributed by atoms with Gasteiger partial charge in [-0.1, -0.05) is 6.07 Å². The maximum Gasteiger partial charge on any atom is 0.343 e. The maximum atomic E-state index is 12.8. The lowest BCUT2D eigenvalue weighted by molar-refractivity contribution is 0.0729. The normalized spacial score (nSPS) is 11.7. The van der Waals surface area contributed by atoms with E-state index in [1.807, 2.05) is 0 Å². The number of ether oxygens (including phenoxy) is 5. The Balaban J connectivity index is 1.78. The third-order valence-corrected chi connectivity index (χ3v) is 6.08. The first-order valence-electron chi connectivity index (χ1n) is 10.5. The molecule has 0 radical (unpaired) electrons. The van der Waals surface area contributed by atoms with Crippen LogP contribution in [0.2, 0.25) is 0 Å². The molecular weight excluding hydrogens is 470 g/mol. The van der Waals surface area contributed by atoms with E-state index < -0.39 is 16.8 Å². The monoisotopic (exact) mass is 497 g/mol. The van der Waals surface area contributed by atoms with E-state index in [1.54, 1.807) is 73.2 Å². The zero-order chi connectivity index (χ0) is 25.4. The van der Waals surface area contributed by atoms with Crippen LogP contribution in [0.1, 0.15) is 21.5 Å². The molecule has 0 aliphatic carbocycles. The number of hydrogen-bond donors (Lipinski definition) is 1. The van der Waals surface area contributed by atoms with Gasteiger partial charge in [0.25, 0.3) is 0 Å². The summed E-state index contributed by atoms with van der Waals surface area (Å²) < 4.78 is 39.8. The number of nitrogens with two attached hydrogens (primary N) is 1. The molecule has 0 saturated heterocycles. The third-order valence-electron chi connectivity index (χ3n) is 5.03. The van der Waals surface area contributed by atoms with E-state index in [0.29, 0.717) is 45.4 Å². The van der Waals surface area contributed by atoms with Crippen molar-refractivity contribution < 1.29 is 32.7 Å². The average molecular weight is 498 g/mol. The topological polar surface area (TPSA) is 106 Å². The number of benzene rings is 3. The molecule has 0 saturated carbocycles. The van der Waals surface area contributed by atoms with Crippen molar-refractivity contribution in [3.05, 3.63) is 76.7 Å². The van der Waals surface area contributed by atoms with E-state index in [2.05, 4.69) is 0 Å². The van der Waals surface area contributed by atoms with Gasteiger partial charge >= 0.3 is 5.97 Å². The van der Waals surface area contributed by atoms with E-state index in [0.717, 1.165) is 0 Å². The smallest absolute Gasteiger partial charge is 0.343 e. The van der Waals surface area contributed by atoms with Gasteiger partial charge in [-0.2, -0.15) is 0 Å². The molecule has 2 N–H and O–H groups in total. The Hall–Kier alpha value is -3.98. The fourth-order valence-corrected chi connectivity index (χ4v) is 4.11. The molecule has 35 heavy (non-hydrogen) atoms. The van der Waals surface area contributed by atoms with Gasteiger partial charge in [0, 0.05) is 23.2 Å². The van der Waals surface area contributed by atoms with Gasteiger partial charge in [-0.05, 0) is 48.0 Å². The number of esters is 1. The summed E-state index contributed by atoms with van der Waals surface area (Å²) in [6.07, 6.45) is 1.68. The van der Waals surface area contributed by atoms with E-state index >= 15 is 0 Å². The van der Waals surface area contributed by atoms with Crippen molar-refractivity contribution in [1.82, 2.24) is 0 Å². The molecule has 1 unspecified atom stereocenters. The predicted molar refractivity (Wildman–Crippen MR) is 136 cm³/mol. The van der Waals surface area contributed by atoms with Crippen LogP contribution in [0.25, 0.3) is 6.08 Å². The highest BCUT2D eigenvalue weighted by atomic mass is 32.2. The first-order chi connectivity index (χ1) is 16.9. The molecule has 0 spiro atoms. The summed E-state index contributed by atoms with van der Waals surface area (Å²) >= 11 is 0. The van der Waals surface area contributed by atoms with Crippen LogP contribution in [0.5, 0.6) is 28.7 Å². The Morgan fingerprint density at radius 2 is 1.46 bits per heavy atom. The van der Waals surface area contributed by atoms with Gasteiger partial charge in [-0.3, -0.25) is 4.21 Å². The highest BCUT2D eigenvalue weighted by molar-refractivity contribution is 7.87. The Labute approximate surface area is 206 Å². The quantitative estimate of drug-likeness (QED) is 0.249. The standard InChI is InChI=1S/C26H27NO7S/c1-30-20-14-23(32-3)21(24(15-20)33-4)11-12-35(29)16-17-5-10-22(31-2)25(13-17)34-26(28)18-6-8-19(27)9-7-18/h5-15H,16,27H2,1-4H3/b12-11+. The molecule has 3 aromatic rings. The molecule has 0 aliphatic rings. The largest absolute Gasteiger partial charge is 0.496 e. The third kappa shape index (κ3) is 6.54. The summed E-state index contributed by atoms with van der Waals surface area (Å²) in [6.45, 7) is 0. The fourth-order valence-electron chi connectivity index (χ4n) is 3.22. The Morgan fingerprint density at radius 1 is 0.829 bits per heavy atom. The molecule has 0 heterocycles. The lowest BCUT2D eigenvalue weighted by Crippen LogP contribution is -2.09. The van der Waals surface area contributed by atoms with E-state index in [4.69, 9.17) is 29.4 Å². The number of hydrogen-bond acceptors (Lipinski definition) is 8. The van der Waals surface area contributed by atoms with Gasteiger partial charge in [0.05, 0.1) is 56.1 Å². The second-order valence-corrected chi connectivity index (χ2v) is 8.59. The number of carbonyl (C=O) groups is 1. The van der Waals surface area contributed by atoms with Crippen LogP contribution in [0, 0.1) is 0 Å². The average Bonchev–Trinajstić information content (AvgIpc) is 2.87. The molecule has 184 valence electrons. The van der Waals surface area contributed by atoms with Crippen molar-refractivity contribution in [2.45, 2.75) is 5.75 Å². The zero-order valence-corrected chi connectivity index (χ0v) is 20.7. The van der Waals surface area contributed by atoms with Crippen molar-refractivity contribution in [3.8, 4) is 28.7 Å². The van der Waals surface area contributed by atoms with Crippen molar-refractivity contribution in [2.24, 2.45) is 0 Å². The predicted octanol–water partition coefficient (Wildman–Crippen LogP) is 4.44. The van der Waals surface area contributed by atoms with Gasteiger partial charge < -0.3 is 29.4 Å². The van der Waals surface area contributed by atoms with Crippen molar-refractivity contribution >= 4 is 28.5 Å².